The standard InChI is InChI=1S/C22H19F3N2O5/c1-31-18-12-15(21(30,19(28)32-2)22(23,24)25)8-10-17(18)27-20(29)26-16-9-7-13-5-3-4-6-14(13)11-16/h3-12,30H,1-2H3,(H2,26,27,29). The van der Waals surface area contributed by atoms with Crippen LogP contribution < -0.4 is 15.4 Å². The topological polar surface area (TPSA) is 96.9 Å². The number of urea groups is 1. The number of alkyl halides is 3. The van der Waals surface area contributed by atoms with Crippen LogP contribution in [0.15, 0.2) is 60.7 Å². The Morgan fingerprint density at radius 3 is 2.22 bits per heavy atom. The zero-order chi connectivity index (χ0) is 23.5. The summed E-state index contributed by atoms with van der Waals surface area (Å²) >= 11 is 0. The van der Waals surface area contributed by atoms with E-state index in [1.54, 1.807) is 12.1 Å². The molecule has 0 saturated heterocycles. The lowest BCUT2D eigenvalue weighted by molar-refractivity contribution is -0.266. The first-order chi connectivity index (χ1) is 15.1. The molecule has 3 N–H and O–H groups in total. The largest absolute Gasteiger partial charge is 0.495 e. The minimum absolute atomic E-state index is 0.0175. The van der Waals surface area contributed by atoms with Gasteiger partial charge in [0.25, 0.3) is 5.60 Å². The van der Waals surface area contributed by atoms with Gasteiger partial charge in [-0.15, -0.1) is 0 Å². The van der Waals surface area contributed by atoms with Crippen molar-refractivity contribution in [3.05, 3.63) is 66.2 Å². The molecule has 3 rings (SSSR count). The van der Waals surface area contributed by atoms with Crippen molar-refractivity contribution in [2.75, 3.05) is 24.9 Å². The van der Waals surface area contributed by atoms with Crippen LogP contribution in [0.2, 0.25) is 0 Å². The van der Waals surface area contributed by atoms with E-state index < -0.39 is 29.3 Å². The normalized spacial score (nSPS) is 13.2. The molecule has 0 aliphatic heterocycles. The molecule has 7 nitrogen and oxygen atoms in total. The fourth-order valence-electron chi connectivity index (χ4n) is 3.12. The van der Waals surface area contributed by atoms with E-state index in [4.69, 9.17) is 4.74 Å². The second-order valence-electron chi connectivity index (χ2n) is 6.76. The zero-order valence-electron chi connectivity index (χ0n) is 17.0. The van der Waals surface area contributed by atoms with Gasteiger partial charge in [0, 0.05) is 11.3 Å². The first kappa shape index (κ1) is 22.9. The van der Waals surface area contributed by atoms with E-state index in [1.807, 2.05) is 30.3 Å². The fraction of sp³-hybridized carbons (Fsp3) is 0.182. The number of carbonyl (C=O) groups excluding carboxylic acids is 2. The van der Waals surface area contributed by atoms with Gasteiger partial charge < -0.3 is 25.2 Å². The van der Waals surface area contributed by atoms with Gasteiger partial charge in [-0.3, -0.25) is 0 Å². The van der Waals surface area contributed by atoms with Gasteiger partial charge in [-0.05, 0) is 35.0 Å². The van der Waals surface area contributed by atoms with Crippen LogP contribution in [0.4, 0.5) is 29.3 Å². The number of ether oxygens (including phenoxy) is 2. The number of amides is 2. The van der Waals surface area contributed by atoms with Crippen molar-refractivity contribution < 1.29 is 37.3 Å². The van der Waals surface area contributed by atoms with Crippen molar-refractivity contribution in [3.63, 3.8) is 0 Å². The third-order valence-electron chi connectivity index (χ3n) is 4.77. The summed E-state index contributed by atoms with van der Waals surface area (Å²) in [7, 11) is 1.89. The smallest absolute Gasteiger partial charge is 0.432 e. The Morgan fingerprint density at radius 1 is 0.906 bits per heavy atom. The second kappa shape index (κ2) is 8.75. The SMILES string of the molecule is COC(=O)C(O)(c1ccc(NC(=O)Nc2ccc3ccccc3c2)c(OC)c1)C(F)(F)F. The average Bonchev–Trinajstić information content (AvgIpc) is 2.77. The van der Waals surface area contributed by atoms with E-state index in [1.165, 1.54) is 0 Å². The monoisotopic (exact) mass is 448 g/mol. The van der Waals surface area contributed by atoms with Gasteiger partial charge in [0.2, 0.25) is 0 Å². The highest BCUT2D eigenvalue weighted by molar-refractivity contribution is 6.02. The number of rotatable bonds is 5. The molecule has 0 saturated carbocycles. The molecule has 0 bridgehead atoms. The second-order valence-corrected chi connectivity index (χ2v) is 6.76. The van der Waals surface area contributed by atoms with Gasteiger partial charge >= 0.3 is 18.2 Å². The molecule has 0 radical (unpaired) electrons. The van der Waals surface area contributed by atoms with E-state index >= 15 is 0 Å². The van der Waals surface area contributed by atoms with Crippen molar-refractivity contribution in [1.82, 2.24) is 0 Å². The Labute approximate surface area is 180 Å². The summed E-state index contributed by atoms with van der Waals surface area (Å²) in [6, 6.07) is 14.9. The molecule has 3 aromatic rings. The highest BCUT2D eigenvalue weighted by Crippen LogP contribution is 2.42. The molecule has 3 aromatic carbocycles. The lowest BCUT2D eigenvalue weighted by Crippen LogP contribution is -2.49. The Morgan fingerprint density at radius 2 is 1.59 bits per heavy atom. The molecular weight excluding hydrogens is 429 g/mol. The number of nitrogens with one attached hydrogen (secondary N) is 2. The summed E-state index contributed by atoms with van der Waals surface area (Å²) in [5.41, 5.74) is -4.21. The molecule has 1 atom stereocenters. The first-order valence-corrected chi connectivity index (χ1v) is 9.23. The summed E-state index contributed by atoms with van der Waals surface area (Å²) < 4.78 is 49.5. The van der Waals surface area contributed by atoms with Crippen molar-refractivity contribution >= 4 is 34.1 Å². The van der Waals surface area contributed by atoms with E-state index in [2.05, 4.69) is 15.4 Å². The van der Waals surface area contributed by atoms with Crippen molar-refractivity contribution in [3.8, 4) is 5.75 Å². The Bertz CT molecular complexity index is 1170. The number of aliphatic hydroxyl groups is 1. The summed E-state index contributed by atoms with van der Waals surface area (Å²) in [4.78, 5) is 24.1. The van der Waals surface area contributed by atoms with Gasteiger partial charge in [-0.25, -0.2) is 9.59 Å². The number of benzene rings is 3. The molecule has 0 aliphatic rings. The lowest BCUT2D eigenvalue weighted by Gasteiger charge is -2.28. The Balaban J connectivity index is 1.85. The molecule has 0 aromatic heterocycles. The minimum atomic E-state index is -5.35. The van der Waals surface area contributed by atoms with Crippen LogP contribution in [0, 0.1) is 0 Å². The number of esters is 1. The predicted octanol–water partition coefficient (Wildman–Crippen LogP) is 4.42. The maximum Gasteiger partial charge on any atom is 0.432 e. The fourth-order valence-corrected chi connectivity index (χ4v) is 3.12. The average molecular weight is 448 g/mol. The maximum atomic E-state index is 13.5. The summed E-state index contributed by atoms with van der Waals surface area (Å²) in [5.74, 6) is -2.11. The number of carbonyl (C=O) groups is 2. The summed E-state index contributed by atoms with van der Waals surface area (Å²) in [6.07, 6.45) is -5.35. The van der Waals surface area contributed by atoms with Gasteiger partial charge in [-0.2, -0.15) is 13.2 Å². The van der Waals surface area contributed by atoms with Crippen LogP contribution in [0.3, 0.4) is 0 Å². The van der Waals surface area contributed by atoms with Crippen molar-refractivity contribution in [2.24, 2.45) is 0 Å². The van der Waals surface area contributed by atoms with E-state index in [0.29, 0.717) is 5.69 Å². The Hall–Kier alpha value is -3.79. The van der Waals surface area contributed by atoms with Gasteiger partial charge in [0.15, 0.2) is 0 Å². The molecule has 0 spiro atoms. The van der Waals surface area contributed by atoms with Crippen molar-refractivity contribution in [2.45, 2.75) is 11.8 Å². The molecule has 32 heavy (non-hydrogen) atoms. The van der Waals surface area contributed by atoms with Crippen LogP contribution in [-0.4, -0.2) is 37.5 Å². The van der Waals surface area contributed by atoms with Gasteiger partial charge in [-0.1, -0.05) is 36.4 Å². The van der Waals surface area contributed by atoms with Crippen LogP contribution in [0.5, 0.6) is 5.75 Å². The molecule has 0 fully saturated rings. The zero-order valence-corrected chi connectivity index (χ0v) is 17.0. The number of anilines is 2. The molecule has 1 unspecified atom stereocenters. The predicted molar refractivity (Wildman–Crippen MR) is 112 cm³/mol. The molecule has 10 heteroatoms. The van der Waals surface area contributed by atoms with Crippen LogP contribution in [0.1, 0.15) is 5.56 Å². The quantitative estimate of drug-likeness (QED) is 0.503. The van der Waals surface area contributed by atoms with Crippen LogP contribution in [0.25, 0.3) is 10.8 Å². The summed E-state index contributed by atoms with van der Waals surface area (Å²) in [6.45, 7) is 0. The lowest BCUT2D eigenvalue weighted by atomic mass is 9.92. The van der Waals surface area contributed by atoms with E-state index in [9.17, 15) is 27.9 Å². The molecule has 0 heterocycles. The number of methoxy groups -OCH3 is 2. The number of hydrogen-bond donors (Lipinski definition) is 3. The van der Waals surface area contributed by atoms with Crippen molar-refractivity contribution in [1.29, 1.82) is 0 Å². The molecule has 0 aliphatic carbocycles. The minimum Gasteiger partial charge on any atom is -0.495 e. The maximum absolute atomic E-state index is 13.5. The van der Waals surface area contributed by atoms with E-state index in [-0.39, 0.29) is 11.4 Å². The number of halogens is 3. The first-order valence-electron chi connectivity index (χ1n) is 9.23. The number of hydrogen-bond acceptors (Lipinski definition) is 5. The van der Waals surface area contributed by atoms with Crippen LogP contribution >= 0.6 is 0 Å². The van der Waals surface area contributed by atoms with E-state index in [0.717, 1.165) is 43.2 Å². The third kappa shape index (κ3) is 4.30. The van der Waals surface area contributed by atoms with Crippen LogP contribution in [-0.2, 0) is 15.1 Å². The number of fused-ring (bicyclic) bond motifs is 1. The molecular formula is C22H19F3N2O5. The van der Waals surface area contributed by atoms with Gasteiger partial charge in [0.1, 0.15) is 5.75 Å². The highest BCUT2D eigenvalue weighted by atomic mass is 19.4. The van der Waals surface area contributed by atoms with Gasteiger partial charge in [0.05, 0.1) is 19.9 Å². The Kier molecular flexibility index (Phi) is 6.26. The third-order valence-corrected chi connectivity index (χ3v) is 4.77. The highest BCUT2D eigenvalue weighted by Gasteiger charge is 2.62. The molecule has 168 valence electrons. The molecule has 2 amide bonds. The summed E-state index contributed by atoms with van der Waals surface area (Å²) in [5, 5.41) is 17.1.